The summed E-state index contributed by atoms with van der Waals surface area (Å²) >= 11 is 0. The summed E-state index contributed by atoms with van der Waals surface area (Å²) in [6.45, 7) is 19.2. The molecular formula is C16H34O. The van der Waals surface area contributed by atoms with E-state index in [9.17, 15) is 4.79 Å². The largest absolute Gasteiger partial charge is 0.299 e. The molecular weight excluding hydrogens is 208 g/mol. The summed E-state index contributed by atoms with van der Waals surface area (Å²) in [4.78, 5) is 11.8. The third kappa shape index (κ3) is 8.40. The molecule has 0 unspecified atom stereocenters. The van der Waals surface area contributed by atoms with Crippen LogP contribution < -0.4 is 0 Å². The smallest absolute Gasteiger partial charge is 0.138 e. The second kappa shape index (κ2) is 7.89. The Hall–Kier alpha value is -0.330. The zero-order chi connectivity index (χ0) is 14.3. The molecule has 0 rings (SSSR count). The minimum absolute atomic E-state index is 0.160. The molecule has 0 aromatic heterocycles. The Morgan fingerprint density at radius 3 is 1.76 bits per heavy atom. The van der Waals surface area contributed by atoms with Gasteiger partial charge in [0.2, 0.25) is 0 Å². The number of ketones is 1. The highest BCUT2D eigenvalue weighted by molar-refractivity contribution is 5.83. The van der Waals surface area contributed by atoms with E-state index in [0.29, 0.717) is 18.1 Å². The van der Waals surface area contributed by atoms with E-state index in [-0.39, 0.29) is 10.8 Å². The molecule has 0 heterocycles. The molecule has 0 bridgehead atoms. The molecule has 0 atom stereocenters. The quantitative estimate of drug-likeness (QED) is 0.602. The first-order chi connectivity index (χ1) is 7.60. The molecule has 1 nitrogen and oxygen atoms in total. The van der Waals surface area contributed by atoms with Crippen LogP contribution >= 0.6 is 0 Å². The van der Waals surface area contributed by atoms with Crippen molar-refractivity contribution in [3.8, 4) is 0 Å². The first-order valence-electron chi connectivity index (χ1n) is 7.14. The van der Waals surface area contributed by atoms with Gasteiger partial charge in [0.05, 0.1) is 0 Å². The first kappa shape index (κ1) is 19.0. The van der Waals surface area contributed by atoms with Crippen LogP contribution in [0.5, 0.6) is 0 Å². The third-order valence-corrected chi connectivity index (χ3v) is 2.96. The standard InChI is InChI=1S/C14H28O.C2H6/c1-8-12(15)14(6,7)10-13(4,5)9-11(2)3;1-2/h11H,8-10H2,1-7H3;1-2H3. The topological polar surface area (TPSA) is 17.1 Å². The summed E-state index contributed by atoms with van der Waals surface area (Å²) in [7, 11) is 0. The van der Waals surface area contributed by atoms with Crippen molar-refractivity contribution in [1.82, 2.24) is 0 Å². The molecule has 0 aliphatic rings. The monoisotopic (exact) mass is 242 g/mol. The fourth-order valence-electron chi connectivity index (χ4n) is 2.95. The Bertz CT molecular complexity index is 212. The lowest BCUT2D eigenvalue weighted by Gasteiger charge is -2.35. The maximum Gasteiger partial charge on any atom is 0.138 e. The zero-order valence-electron chi connectivity index (χ0n) is 13.6. The van der Waals surface area contributed by atoms with E-state index in [1.165, 1.54) is 6.42 Å². The van der Waals surface area contributed by atoms with Crippen LogP contribution in [-0.2, 0) is 4.79 Å². The highest BCUT2D eigenvalue weighted by atomic mass is 16.1. The highest BCUT2D eigenvalue weighted by Crippen LogP contribution is 2.39. The highest BCUT2D eigenvalue weighted by Gasteiger charge is 2.33. The average Bonchev–Trinajstić information content (AvgIpc) is 2.15. The number of rotatable bonds is 6. The van der Waals surface area contributed by atoms with Gasteiger partial charge < -0.3 is 0 Å². The summed E-state index contributed by atoms with van der Waals surface area (Å²) in [5.74, 6) is 1.09. The summed E-state index contributed by atoms with van der Waals surface area (Å²) in [5.41, 5.74) is 0.107. The Kier molecular flexibility index (Phi) is 8.83. The summed E-state index contributed by atoms with van der Waals surface area (Å²) in [6.07, 6.45) is 2.84. The maximum atomic E-state index is 11.8. The molecule has 0 aliphatic carbocycles. The number of carbonyl (C=O) groups excluding carboxylic acids is 1. The van der Waals surface area contributed by atoms with Crippen molar-refractivity contribution in [3.63, 3.8) is 0 Å². The van der Waals surface area contributed by atoms with Crippen LogP contribution in [-0.4, -0.2) is 5.78 Å². The van der Waals surface area contributed by atoms with E-state index in [4.69, 9.17) is 0 Å². The van der Waals surface area contributed by atoms with Gasteiger partial charge in [-0.15, -0.1) is 0 Å². The second-order valence-electron chi connectivity index (χ2n) is 6.60. The van der Waals surface area contributed by atoms with E-state index in [2.05, 4.69) is 41.5 Å². The van der Waals surface area contributed by atoms with Gasteiger partial charge in [-0.05, 0) is 24.2 Å². The minimum Gasteiger partial charge on any atom is -0.299 e. The van der Waals surface area contributed by atoms with Crippen LogP contribution in [0.15, 0.2) is 0 Å². The normalized spacial score (nSPS) is 12.1. The van der Waals surface area contributed by atoms with Gasteiger partial charge in [0.25, 0.3) is 0 Å². The van der Waals surface area contributed by atoms with Crippen molar-refractivity contribution in [2.24, 2.45) is 16.7 Å². The van der Waals surface area contributed by atoms with Crippen LogP contribution in [0.25, 0.3) is 0 Å². The van der Waals surface area contributed by atoms with Gasteiger partial charge in [-0.25, -0.2) is 0 Å². The number of carbonyl (C=O) groups is 1. The predicted octanol–water partition coefficient (Wildman–Crippen LogP) is 5.48. The van der Waals surface area contributed by atoms with E-state index in [1.54, 1.807) is 0 Å². The Balaban J connectivity index is 0. The van der Waals surface area contributed by atoms with Gasteiger partial charge >= 0.3 is 0 Å². The lowest BCUT2D eigenvalue weighted by atomic mass is 9.69. The van der Waals surface area contributed by atoms with Gasteiger partial charge in [0, 0.05) is 11.8 Å². The van der Waals surface area contributed by atoms with Gasteiger partial charge in [-0.1, -0.05) is 62.3 Å². The van der Waals surface area contributed by atoms with Crippen LogP contribution in [0.1, 0.15) is 81.6 Å². The first-order valence-corrected chi connectivity index (χ1v) is 7.14. The van der Waals surface area contributed by atoms with Gasteiger partial charge in [-0.3, -0.25) is 4.79 Å². The van der Waals surface area contributed by atoms with Crippen molar-refractivity contribution in [2.75, 3.05) is 0 Å². The molecule has 0 N–H and O–H groups in total. The minimum atomic E-state index is -0.160. The molecule has 0 amide bonds. The number of Topliss-reactive ketones (excluding diaryl/α,β-unsaturated/α-hetero) is 1. The van der Waals surface area contributed by atoms with Gasteiger partial charge in [-0.2, -0.15) is 0 Å². The van der Waals surface area contributed by atoms with E-state index < -0.39 is 0 Å². The van der Waals surface area contributed by atoms with Crippen LogP contribution in [0.2, 0.25) is 0 Å². The molecule has 0 saturated carbocycles. The molecule has 0 radical (unpaired) electrons. The molecule has 0 spiro atoms. The third-order valence-electron chi connectivity index (χ3n) is 2.96. The Morgan fingerprint density at radius 1 is 1.06 bits per heavy atom. The zero-order valence-corrected chi connectivity index (χ0v) is 13.6. The molecule has 17 heavy (non-hydrogen) atoms. The molecule has 0 aliphatic heterocycles. The SMILES string of the molecule is CC.CCC(=O)C(C)(C)CC(C)(C)CC(C)C. The predicted molar refractivity (Wildman–Crippen MR) is 78.3 cm³/mol. The van der Waals surface area contributed by atoms with E-state index in [1.807, 2.05) is 20.8 Å². The van der Waals surface area contributed by atoms with Crippen molar-refractivity contribution in [3.05, 3.63) is 0 Å². The van der Waals surface area contributed by atoms with Crippen molar-refractivity contribution in [2.45, 2.75) is 81.6 Å². The van der Waals surface area contributed by atoms with E-state index >= 15 is 0 Å². The Labute approximate surface area is 109 Å². The molecule has 1 heteroatoms. The van der Waals surface area contributed by atoms with Gasteiger partial charge in [0.15, 0.2) is 0 Å². The average molecular weight is 242 g/mol. The Morgan fingerprint density at radius 2 is 1.47 bits per heavy atom. The lowest BCUT2D eigenvalue weighted by molar-refractivity contribution is -0.128. The fourth-order valence-corrected chi connectivity index (χ4v) is 2.95. The summed E-state index contributed by atoms with van der Waals surface area (Å²) < 4.78 is 0. The van der Waals surface area contributed by atoms with Gasteiger partial charge in [0.1, 0.15) is 5.78 Å². The number of hydrogen-bond acceptors (Lipinski definition) is 1. The molecule has 0 fully saturated rings. The molecule has 0 aromatic carbocycles. The fraction of sp³-hybridized carbons (Fsp3) is 0.938. The molecule has 104 valence electrons. The van der Waals surface area contributed by atoms with Crippen LogP contribution in [0.3, 0.4) is 0 Å². The number of hydrogen-bond donors (Lipinski definition) is 0. The maximum absolute atomic E-state index is 11.8. The van der Waals surface area contributed by atoms with Crippen LogP contribution in [0, 0.1) is 16.7 Å². The summed E-state index contributed by atoms with van der Waals surface area (Å²) in [6, 6.07) is 0. The molecule has 0 aromatic rings. The van der Waals surface area contributed by atoms with Crippen LogP contribution in [0.4, 0.5) is 0 Å². The van der Waals surface area contributed by atoms with E-state index in [0.717, 1.165) is 6.42 Å². The van der Waals surface area contributed by atoms with Crippen molar-refractivity contribution < 1.29 is 4.79 Å². The van der Waals surface area contributed by atoms with Crippen molar-refractivity contribution in [1.29, 1.82) is 0 Å². The molecule has 0 saturated heterocycles. The summed E-state index contributed by atoms with van der Waals surface area (Å²) in [5, 5.41) is 0. The second-order valence-corrected chi connectivity index (χ2v) is 6.60. The van der Waals surface area contributed by atoms with Crippen molar-refractivity contribution >= 4 is 5.78 Å². The lowest BCUT2D eigenvalue weighted by Crippen LogP contribution is -2.31.